The van der Waals surface area contributed by atoms with Gasteiger partial charge in [0.05, 0.1) is 6.54 Å². The Balaban J connectivity index is 1.37. The molecule has 5 heteroatoms. The normalized spacial score (nSPS) is 38.1. The molecule has 4 bridgehead atoms. The summed E-state index contributed by atoms with van der Waals surface area (Å²) in [5.74, 6) is 3.63. The van der Waals surface area contributed by atoms with Gasteiger partial charge in [0.2, 0.25) is 5.91 Å². The number of carbonyl (C=O) groups is 1. The number of nitrogens with zero attached hydrogens (tertiary/aromatic N) is 2. The van der Waals surface area contributed by atoms with Crippen LogP contribution in [0.25, 0.3) is 0 Å². The lowest BCUT2D eigenvalue weighted by Crippen LogP contribution is -2.48. The second-order valence-corrected chi connectivity index (χ2v) is 7.30. The number of carbonyl (C=O) groups excluding carboxylic acids is 1. The Morgan fingerprint density at radius 2 is 1.90 bits per heavy atom. The highest BCUT2D eigenvalue weighted by atomic mass is 16.1. The van der Waals surface area contributed by atoms with E-state index < -0.39 is 0 Å². The third-order valence-corrected chi connectivity index (χ3v) is 5.62. The standard InChI is InChI=1S/C15H22N4O/c20-14(16-8-13-17-9-18-19-13)7-15-4-10-1-11(5-15)3-12(2-10)6-15/h9-12H,1-8H2,(H,16,20)(H,17,18,19). The van der Waals surface area contributed by atoms with Crippen LogP contribution in [-0.2, 0) is 11.3 Å². The van der Waals surface area contributed by atoms with Crippen LogP contribution in [0, 0.1) is 23.2 Å². The van der Waals surface area contributed by atoms with Crippen molar-refractivity contribution in [3.05, 3.63) is 12.2 Å². The van der Waals surface area contributed by atoms with Crippen molar-refractivity contribution in [3.63, 3.8) is 0 Å². The fourth-order valence-electron chi connectivity index (χ4n) is 5.41. The molecule has 0 saturated heterocycles. The number of amides is 1. The van der Waals surface area contributed by atoms with Gasteiger partial charge in [0.25, 0.3) is 0 Å². The number of hydrogen-bond acceptors (Lipinski definition) is 3. The van der Waals surface area contributed by atoms with Gasteiger partial charge < -0.3 is 5.32 Å². The van der Waals surface area contributed by atoms with E-state index in [1.165, 1.54) is 44.9 Å². The maximum absolute atomic E-state index is 12.2. The molecule has 1 aromatic rings. The van der Waals surface area contributed by atoms with Crippen molar-refractivity contribution >= 4 is 5.91 Å². The molecule has 0 atom stereocenters. The van der Waals surface area contributed by atoms with Gasteiger partial charge in [-0.1, -0.05) is 0 Å². The fraction of sp³-hybridized carbons (Fsp3) is 0.800. The molecule has 2 N–H and O–H groups in total. The van der Waals surface area contributed by atoms with Gasteiger partial charge in [-0.3, -0.25) is 9.89 Å². The minimum atomic E-state index is 0.184. The van der Waals surface area contributed by atoms with Crippen molar-refractivity contribution in [2.24, 2.45) is 23.2 Å². The predicted octanol–water partition coefficient (Wildman–Crippen LogP) is 2.03. The summed E-state index contributed by atoms with van der Waals surface area (Å²) in [4.78, 5) is 16.3. The smallest absolute Gasteiger partial charge is 0.220 e. The highest BCUT2D eigenvalue weighted by Gasteiger charge is 2.51. The maximum Gasteiger partial charge on any atom is 0.220 e. The average Bonchev–Trinajstić information content (AvgIpc) is 2.87. The maximum atomic E-state index is 12.2. The first-order chi connectivity index (χ1) is 9.71. The number of rotatable bonds is 4. The topological polar surface area (TPSA) is 70.7 Å². The van der Waals surface area contributed by atoms with E-state index in [0.29, 0.717) is 18.4 Å². The summed E-state index contributed by atoms with van der Waals surface area (Å²) in [6, 6.07) is 0. The summed E-state index contributed by atoms with van der Waals surface area (Å²) in [6.07, 6.45) is 10.3. The van der Waals surface area contributed by atoms with Crippen molar-refractivity contribution < 1.29 is 4.79 Å². The van der Waals surface area contributed by atoms with Gasteiger partial charge in [0.1, 0.15) is 12.2 Å². The summed E-state index contributed by atoms with van der Waals surface area (Å²) in [5.41, 5.74) is 0.320. The van der Waals surface area contributed by atoms with Crippen LogP contribution in [0.15, 0.2) is 6.33 Å². The van der Waals surface area contributed by atoms with E-state index in [4.69, 9.17) is 0 Å². The first-order valence-corrected chi connectivity index (χ1v) is 7.82. The number of hydrogen-bond donors (Lipinski definition) is 2. The van der Waals surface area contributed by atoms with E-state index in [-0.39, 0.29) is 5.91 Å². The Bertz CT molecular complexity index is 461. The lowest BCUT2D eigenvalue weighted by Gasteiger charge is -2.56. The molecule has 20 heavy (non-hydrogen) atoms. The van der Waals surface area contributed by atoms with Gasteiger partial charge >= 0.3 is 0 Å². The van der Waals surface area contributed by atoms with E-state index in [9.17, 15) is 4.79 Å². The van der Waals surface area contributed by atoms with Crippen LogP contribution < -0.4 is 5.32 Å². The zero-order valence-electron chi connectivity index (χ0n) is 11.8. The molecule has 1 heterocycles. The lowest BCUT2D eigenvalue weighted by atomic mass is 9.49. The van der Waals surface area contributed by atoms with Crippen molar-refractivity contribution in [2.45, 2.75) is 51.5 Å². The molecule has 5 nitrogen and oxygen atoms in total. The molecule has 0 aliphatic heterocycles. The third-order valence-electron chi connectivity index (χ3n) is 5.62. The fourth-order valence-corrected chi connectivity index (χ4v) is 5.41. The van der Waals surface area contributed by atoms with Crippen LogP contribution in [0.4, 0.5) is 0 Å². The van der Waals surface area contributed by atoms with Crippen molar-refractivity contribution in [1.82, 2.24) is 20.5 Å². The minimum Gasteiger partial charge on any atom is -0.349 e. The second kappa shape index (κ2) is 4.57. The molecule has 4 fully saturated rings. The summed E-state index contributed by atoms with van der Waals surface area (Å²) in [7, 11) is 0. The van der Waals surface area contributed by atoms with Crippen molar-refractivity contribution in [3.8, 4) is 0 Å². The summed E-state index contributed by atoms with van der Waals surface area (Å²) < 4.78 is 0. The molecule has 5 rings (SSSR count). The Morgan fingerprint density at radius 3 is 2.45 bits per heavy atom. The molecule has 4 aliphatic carbocycles. The van der Waals surface area contributed by atoms with Crippen molar-refractivity contribution in [2.75, 3.05) is 0 Å². The van der Waals surface area contributed by atoms with E-state index in [0.717, 1.165) is 23.6 Å². The number of aromatic nitrogens is 3. The van der Waals surface area contributed by atoms with E-state index in [2.05, 4.69) is 20.5 Å². The van der Waals surface area contributed by atoms with Crippen LogP contribution in [0.2, 0.25) is 0 Å². The van der Waals surface area contributed by atoms with Gasteiger partial charge in [0, 0.05) is 6.42 Å². The SMILES string of the molecule is O=C(CC12CC3CC(CC(C3)C1)C2)NCc1ncn[nH]1. The van der Waals surface area contributed by atoms with Gasteiger partial charge in [-0.25, -0.2) is 4.98 Å². The summed E-state index contributed by atoms with van der Waals surface area (Å²) in [6.45, 7) is 0.463. The zero-order chi connectivity index (χ0) is 13.6. The highest BCUT2D eigenvalue weighted by Crippen LogP contribution is 2.61. The lowest BCUT2D eigenvalue weighted by molar-refractivity contribution is -0.129. The number of nitrogens with one attached hydrogen (secondary N) is 2. The highest BCUT2D eigenvalue weighted by molar-refractivity contribution is 5.76. The predicted molar refractivity (Wildman–Crippen MR) is 73.5 cm³/mol. The molecule has 0 aromatic carbocycles. The molecular weight excluding hydrogens is 252 g/mol. The molecule has 108 valence electrons. The van der Waals surface area contributed by atoms with Gasteiger partial charge in [-0.05, 0) is 61.7 Å². The Morgan fingerprint density at radius 1 is 1.25 bits per heavy atom. The van der Waals surface area contributed by atoms with E-state index >= 15 is 0 Å². The number of H-pyrrole nitrogens is 1. The first-order valence-electron chi connectivity index (χ1n) is 7.82. The quantitative estimate of drug-likeness (QED) is 0.882. The first kappa shape index (κ1) is 12.4. The second-order valence-electron chi connectivity index (χ2n) is 7.30. The van der Waals surface area contributed by atoms with Gasteiger partial charge in [0.15, 0.2) is 0 Å². The molecule has 0 spiro atoms. The summed E-state index contributed by atoms with van der Waals surface area (Å²) >= 11 is 0. The Hall–Kier alpha value is -1.39. The van der Waals surface area contributed by atoms with Gasteiger partial charge in [-0.2, -0.15) is 5.10 Å². The van der Waals surface area contributed by atoms with Crippen LogP contribution in [0.5, 0.6) is 0 Å². The van der Waals surface area contributed by atoms with E-state index in [1.54, 1.807) is 0 Å². The monoisotopic (exact) mass is 274 g/mol. The van der Waals surface area contributed by atoms with Gasteiger partial charge in [-0.15, -0.1) is 0 Å². The zero-order valence-corrected chi connectivity index (χ0v) is 11.8. The van der Waals surface area contributed by atoms with Crippen LogP contribution in [0.3, 0.4) is 0 Å². The van der Waals surface area contributed by atoms with Crippen LogP contribution in [0.1, 0.15) is 50.8 Å². The van der Waals surface area contributed by atoms with Crippen molar-refractivity contribution in [1.29, 1.82) is 0 Å². The molecule has 4 saturated carbocycles. The van der Waals surface area contributed by atoms with E-state index in [1.807, 2.05) is 0 Å². The average molecular weight is 274 g/mol. The molecular formula is C15H22N4O. The Labute approximate surface area is 118 Å². The van der Waals surface area contributed by atoms with Crippen LogP contribution >= 0.6 is 0 Å². The summed E-state index contributed by atoms with van der Waals surface area (Å²) in [5, 5.41) is 9.56. The molecule has 0 radical (unpaired) electrons. The molecule has 1 aromatic heterocycles. The van der Waals surface area contributed by atoms with Crippen LogP contribution in [-0.4, -0.2) is 21.1 Å². The number of aromatic amines is 1. The third kappa shape index (κ3) is 2.23. The minimum absolute atomic E-state index is 0.184. The molecule has 4 aliphatic rings. The molecule has 0 unspecified atom stereocenters. The Kier molecular flexibility index (Phi) is 2.82. The largest absolute Gasteiger partial charge is 0.349 e. The molecule has 1 amide bonds.